The van der Waals surface area contributed by atoms with Crippen LogP contribution >= 0.6 is 11.5 Å². The molecule has 0 radical (unpaired) electrons. The van der Waals surface area contributed by atoms with Crippen molar-refractivity contribution < 1.29 is 0 Å². The van der Waals surface area contributed by atoms with Gasteiger partial charge in [-0.25, -0.2) is 4.98 Å². The molecule has 0 spiro atoms. The van der Waals surface area contributed by atoms with Crippen molar-refractivity contribution in [3.8, 4) is 0 Å². The van der Waals surface area contributed by atoms with Crippen LogP contribution in [0.4, 0.5) is 5.13 Å². The summed E-state index contributed by atoms with van der Waals surface area (Å²) in [6.45, 7) is 7.76. The summed E-state index contributed by atoms with van der Waals surface area (Å²) >= 11 is 1.47. The van der Waals surface area contributed by atoms with Gasteiger partial charge >= 0.3 is 0 Å². The highest BCUT2D eigenvalue weighted by Crippen LogP contribution is 2.51. The Hall–Kier alpha value is -0.640. The quantitative estimate of drug-likeness (QED) is 0.831. The van der Waals surface area contributed by atoms with Crippen molar-refractivity contribution in [1.82, 2.24) is 9.36 Å². The maximum absolute atomic E-state index is 4.37. The normalized spacial score (nSPS) is 23.5. The van der Waals surface area contributed by atoms with E-state index in [1.54, 1.807) is 0 Å². The van der Waals surface area contributed by atoms with E-state index in [-0.39, 0.29) is 0 Å². The van der Waals surface area contributed by atoms with E-state index in [9.17, 15) is 0 Å². The molecule has 1 atom stereocenters. The minimum atomic E-state index is 0.547. The van der Waals surface area contributed by atoms with Crippen LogP contribution in [0.2, 0.25) is 0 Å². The lowest BCUT2D eigenvalue weighted by atomic mass is 10.1. The second kappa shape index (κ2) is 3.50. The molecule has 4 heteroatoms. The van der Waals surface area contributed by atoms with Crippen LogP contribution in [0.25, 0.3) is 0 Å². The molecule has 1 aliphatic rings. The van der Waals surface area contributed by atoms with E-state index in [0.29, 0.717) is 5.41 Å². The zero-order valence-corrected chi connectivity index (χ0v) is 9.82. The summed E-state index contributed by atoms with van der Waals surface area (Å²) in [6.07, 6.45) is 2.26. The van der Waals surface area contributed by atoms with E-state index in [1.807, 2.05) is 0 Å². The first-order valence-electron chi connectivity index (χ1n) is 5.18. The average Bonchev–Trinajstić information content (AvgIpc) is 2.62. The number of aryl methyl sites for hydroxylation is 1. The molecular formula is C10H17N3S. The molecule has 1 aromatic heterocycles. The molecule has 2 rings (SSSR count). The highest BCUT2D eigenvalue weighted by molar-refractivity contribution is 7.09. The van der Waals surface area contributed by atoms with Crippen LogP contribution in [-0.2, 0) is 6.42 Å². The molecule has 1 fully saturated rings. The number of anilines is 1. The lowest BCUT2D eigenvalue weighted by Crippen LogP contribution is -2.06. The monoisotopic (exact) mass is 211 g/mol. The highest BCUT2D eigenvalue weighted by Gasteiger charge is 2.45. The largest absolute Gasteiger partial charge is 0.360 e. The van der Waals surface area contributed by atoms with Gasteiger partial charge in [0.25, 0.3) is 0 Å². The Kier molecular flexibility index (Phi) is 2.47. The summed E-state index contributed by atoms with van der Waals surface area (Å²) in [6, 6.07) is 0. The maximum atomic E-state index is 4.37. The van der Waals surface area contributed by atoms with Crippen LogP contribution in [0.5, 0.6) is 0 Å². The van der Waals surface area contributed by atoms with Crippen LogP contribution in [-0.4, -0.2) is 15.9 Å². The zero-order valence-electron chi connectivity index (χ0n) is 9.00. The number of aromatic nitrogens is 2. The topological polar surface area (TPSA) is 37.8 Å². The molecule has 3 nitrogen and oxygen atoms in total. The van der Waals surface area contributed by atoms with Crippen molar-refractivity contribution in [3.63, 3.8) is 0 Å². The SMILES string of the molecule is CCc1nsc(NCC2CC2(C)C)n1. The second-order valence-corrected chi connectivity index (χ2v) is 5.39. The van der Waals surface area contributed by atoms with Gasteiger partial charge in [0.15, 0.2) is 0 Å². The minimum absolute atomic E-state index is 0.547. The van der Waals surface area contributed by atoms with Crippen molar-refractivity contribution in [3.05, 3.63) is 5.82 Å². The van der Waals surface area contributed by atoms with Crippen molar-refractivity contribution in [2.24, 2.45) is 11.3 Å². The van der Waals surface area contributed by atoms with Crippen LogP contribution in [0.1, 0.15) is 33.0 Å². The van der Waals surface area contributed by atoms with Gasteiger partial charge in [-0.2, -0.15) is 4.37 Å². The molecule has 0 amide bonds. The molecule has 1 saturated carbocycles. The first-order valence-corrected chi connectivity index (χ1v) is 5.95. The molecule has 1 unspecified atom stereocenters. The molecule has 0 aromatic carbocycles. The third-order valence-electron chi connectivity index (χ3n) is 3.00. The Labute approximate surface area is 89.1 Å². The van der Waals surface area contributed by atoms with Crippen molar-refractivity contribution in [2.75, 3.05) is 11.9 Å². The van der Waals surface area contributed by atoms with E-state index in [4.69, 9.17) is 0 Å². The molecular weight excluding hydrogens is 194 g/mol. The number of hydrogen-bond acceptors (Lipinski definition) is 4. The molecule has 1 aromatic rings. The summed E-state index contributed by atoms with van der Waals surface area (Å²) in [5, 5.41) is 4.34. The second-order valence-electron chi connectivity index (χ2n) is 4.64. The Morgan fingerprint density at radius 1 is 1.57 bits per heavy atom. The summed E-state index contributed by atoms with van der Waals surface area (Å²) in [7, 11) is 0. The van der Waals surface area contributed by atoms with Gasteiger partial charge in [-0.3, -0.25) is 0 Å². The lowest BCUT2D eigenvalue weighted by molar-refractivity contribution is 0.573. The number of nitrogens with zero attached hydrogens (tertiary/aromatic N) is 2. The van der Waals surface area contributed by atoms with Gasteiger partial charge in [-0.15, -0.1) is 0 Å². The van der Waals surface area contributed by atoms with Gasteiger partial charge < -0.3 is 5.32 Å². The fourth-order valence-corrected chi connectivity index (χ4v) is 2.26. The van der Waals surface area contributed by atoms with Crippen LogP contribution in [0.3, 0.4) is 0 Å². The van der Waals surface area contributed by atoms with E-state index in [1.165, 1.54) is 18.0 Å². The fourth-order valence-electron chi connectivity index (χ4n) is 1.60. The predicted molar refractivity (Wildman–Crippen MR) is 59.7 cm³/mol. The Balaban J connectivity index is 1.81. The third kappa shape index (κ3) is 2.05. The molecule has 78 valence electrons. The predicted octanol–water partition coefficient (Wildman–Crippen LogP) is 2.56. The van der Waals surface area contributed by atoms with E-state index < -0.39 is 0 Å². The van der Waals surface area contributed by atoms with Crippen molar-refractivity contribution in [2.45, 2.75) is 33.6 Å². The lowest BCUT2D eigenvalue weighted by Gasteiger charge is -2.03. The molecule has 0 saturated heterocycles. The van der Waals surface area contributed by atoms with Crippen LogP contribution < -0.4 is 5.32 Å². The van der Waals surface area contributed by atoms with Gasteiger partial charge in [0.05, 0.1) is 0 Å². The molecule has 1 N–H and O–H groups in total. The minimum Gasteiger partial charge on any atom is -0.360 e. The highest BCUT2D eigenvalue weighted by atomic mass is 32.1. The fraction of sp³-hybridized carbons (Fsp3) is 0.800. The van der Waals surface area contributed by atoms with Crippen LogP contribution in [0, 0.1) is 11.3 Å². The van der Waals surface area contributed by atoms with Crippen molar-refractivity contribution >= 4 is 16.7 Å². The standard InChI is InChI=1S/C10H17N3S/c1-4-8-12-9(14-13-8)11-6-7-5-10(7,2)3/h7H,4-6H2,1-3H3,(H,11,12,13). The van der Waals surface area contributed by atoms with E-state index >= 15 is 0 Å². The van der Waals surface area contributed by atoms with Gasteiger partial charge in [-0.1, -0.05) is 20.8 Å². The number of rotatable bonds is 4. The molecule has 1 aliphatic carbocycles. The van der Waals surface area contributed by atoms with Gasteiger partial charge in [0, 0.05) is 24.5 Å². The molecule has 0 bridgehead atoms. The van der Waals surface area contributed by atoms with Gasteiger partial charge in [0.2, 0.25) is 5.13 Å². The smallest absolute Gasteiger partial charge is 0.202 e. The first kappa shape index (κ1) is 9.90. The Morgan fingerprint density at radius 2 is 2.29 bits per heavy atom. The number of nitrogens with one attached hydrogen (secondary N) is 1. The van der Waals surface area contributed by atoms with Crippen molar-refractivity contribution in [1.29, 1.82) is 0 Å². The third-order valence-corrected chi connectivity index (χ3v) is 3.71. The zero-order chi connectivity index (χ0) is 10.2. The van der Waals surface area contributed by atoms with Gasteiger partial charge in [0.1, 0.15) is 5.82 Å². The molecule has 14 heavy (non-hydrogen) atoms. The molecule has 0 aliphatic heterocycles. The van der Waals surface area contributed by atoms with Crippen LogP contribution in [0.15, 0.2) is 0 Å². The summed E-state index contributed by atoms with van der Waals surface area (Å²) in [5.41, 5.74) is 0.547. The summed E-state index contributed by atoms with van der Waals surface area (Å²) in [5.74, 6) is 1.77. The maximum Gasteiger partial charge on any atom is 0.202 e. The first-order chi connectivity index (χ1) is 6.62. The molecule has 1 heterocycles. The number of hydrogen-bond donors (Lipinski definition) is 1. The van der Waals surface area contributed by atoms with E-state index in [2.05, 4.69) is 35.4 Å². The van der Waals surface area contributed by atoms with E-state index in [0.717, 1.165) is 29.8 Å². The summed E-state index contributed by atoms with van der Waals surface area (Å²) < 4.78 is 4.24. The van der Waals surface area contributed by atoms with Gasteiger partial charge in [-0.05, 0) is 17.8 Å². The Morgan fingerprint density at radius 3 is 2.79 bits per heavy atom. The Bertz CT molecular complexity index is 319. The summed E-state index contributed by atoms with van der Waals surface area (Å²) in [4.78, 5) is 4.37. The average molecular weight is 211 g/mol.